The van der Waals surface area contributed by atoms with Crippen molar-refractivity contribution < 1.29 is 4.39 Å². The van der Waals surface area contributed by atoms with Crippen LogP contribution < -0.4 is 5.73 Å². The van der Waals surface area contributed by atoms with Crippen LogP contribution in [0.15, 0.2) is 48.5 Å². The normalized spacial score (nSPS) is 13.2. The zero-order chi connectivity index (χ0) is 14.8. The van der Waals surface area contributed by atoms with Gasteiger partial charge in [-0.15, -0.1) is 0 Å². The van der Waals surface area contributed by atoms with Gasteiger partial charge in [-0.25, -0.2) is 4.39 Å². The Hall–Kier alpha value is -1.67. The fraction of sp³-hybridized carbons (Fsp3) is 0.333. The summed E-state index contributed by atoms with van der Waals surface area (Å²) in [7, 11) is 0. The predicted octanol–water partition coefficient (Wildman–Crippen LogP) is 3.98. The van der Waals surface area contributed by atoms with Crippen LogP contribution in [-0.2, 0) is 11.8 Å². The molecule has 0 saturated carbocycles. The van der Waals surface area contributed by atoms with Crippen LogP contribution in [0, 0.1) is 12.7 Å². The zero-order valence-electron chi connectivity index (χ0n) is 12.4. The number of nitrogens with two attached hydrogens (primary N) is 1. The third-order valence-corrected chi connectivity index (χ3v) is 4.22. The molecular weight excluding hydrogens is 249 g/mol. The Morgan fingerprint density at radius 3 is 2.25 bits per heavy atom. The molecule has 2 heteroatoms. The van der Waals surface area contributed by atoms with Gasteiger partial charge in [0.1, 0.15) is 5.82 Å². The van der Waals surface area contributed by atoms with E-state index < -0.39 is 0 Å². The minimum absolute atomic E-state index is 0.0194. The molecule has 0 aliphatic carbocycles. The number of benzene rings is 2. The smallest absolute Gasteiger partial charge is 0.123 e. The lowest BCUT2D eigenvalue weighted by Gasteiger charge is -2.32. The monoisotopic (exact) mass is 271 g/mol. The Kier molecular flexibility index (Phi) is 4.24. The maximum atomic E-state index is 13.0. The van der Waals surface area contributed by atoms with Gasteiger partial charge in [-0.2, -0.15) is 0 Å². The highest BCUT2D eigenvalue weighted by Gasteiger charge is 2.28. The second-order valence-corrected chi connectivity index (χ2v) is 5.97. The summed E-state index contributed by atoms with van der Waals surface area (Å²) in [6.07, 6.45) is 0.817. The van der Waals surface area contributed by atoms with Crippen molar-refractivity contribution in [3.05, 3.63) is 71.0 Å². The average Bonchev–Trinajstić information content (AvgIpc) is 2.41. The highest BCUT2D eigenvalue weighted by Crippen LogP contribution is 2.28. The predicted molar refractivity (Wildman–Crippen MR) is 82.3 cm³/mol. The number of aryl methyl sites for hydroxylation is 1. The molecule has 1 unspecified atom stereocenters. The average molecular weight is 271 g/mol. The number of hydrogen-bond acceptors (Lipinski definition) is 1. The summed E-state index contributed by atoms with van der Waals surface area (Å²) in [5.74, 6) is -0.211. The van der Waals surface area contributed by atoms with Crippen LogP contribution >= 0.6 is 0 Å². The summed E-state index contributed by atoms with van der Waals surface area (Å²) in [5, 5.41) is 0. The Morgan fingerprint density at radius 1 is 1.05 bits per heavy atom. The lowest BCUT2D eigenvalue weighted by Crippen LogP contribution is -2.42. The molecule has 0 amide bonds. The fourth-order valence-corrected chi connectivity index (χ4v) is 2.42. The fourth-order valence-electron chi connectivity index (χ4n) is 2.42. The molecule has 2 aromatic rings. The first kappa shape index (κ1) is 14.7. The maximum absolute atomic E-state index is 13.0. The molecule has 1 atom stereocenters. The molecule has 1 nitrogen and oxygen atoms in total. The van der Waals surface area contributed by atoms with Gasteiger partial charge in [0.2, 0.25) is 0 Å². The van der Waals surface area contributed by atoms with Crippen molar-refractivity contribution in [2.24, 2.45) is 5.73 Å². The first-order chi connectivity index (χ1) is 9.41. The molecule has 0 spiro atoms. The molecular formula is C18H22FN. The highest BCUT2D eigenvalue weighted by molar-refractivity contribution is 5.30. The first-order valence-corrected chi connectivity index (χ1v) is 6.97. The van der Waals surface area contributed by atoms with E-state index in [1.807, 2.05) is 24.3 Å². The molecule has 0 radical (unpaired) electrons. The van der Waals surface area contributed by atoms with E-state index in [9.17, 15) is 4.39 Å². The van der Waals surface area contributed by atoms with Gasteiger partial charge >= 0.3 is 0 Å². The topological polar surface area (TPSA) is 26.0 Å². The van der Waals surface area contributed by atoms with E-state index in [2.05, 4.69) is 32.9 Å². The van der Waals surface area contributed by atoms with Gasteiger partial charge < -0.3 is 5.73 Å². The number of rotatable bonds is 4. The van der Waals surface area contributed by atoms with Gasteiger partial charge in [0.05, 0.1) is 0 Å². The van der Waals surface area contributed by atoms with E-state index in [0.717, 1.165) is 12.0 Å². The van der Waals surface area contributed by atoms with Crippen LogP contribution in [0.4, 0.5) is 4.39 Å². The van der Waals surface area contributed by atoms with E-state index in [1.165, 1.54) is 23.3 Å². The number of hydrogen-bond donors (Lipinski definition) is 1. The van der Waals surface area contributed by atoms with E-state index in [0.29, 0.717) is 0 Å². The Labute approximate surface area is 120 Å². The summed E-state index contributed by atoms with van der Waals surface area (Å²) in [4.78, 5) is 0. The lowest BCUT2D eigenvalue weighted by atomic mass is 9.75. The van der Waals surface area contributed by atoms with Crippen LogP contribution in [0.25, 0.3) is 0 Å². The summed E-state index contributed by atoms with van der Waals surface area (Å²) in [6.45, 7) is 6.33. The van der Waals surface area contributed by atoms with Crippen molar-refractivity contribution in [3.63, 3.8) is 0 Å². The molecule has 2 N–H and O–H groups in total. The van der Waals surface area contributed by atoms with Crippen LogP contribution in [0.5, 0.6) is 0 Å². The van der Waals surface area contributed by atoms with Gasteiger partial charge in [-0.3, -0.25) is 0 Å². The van der Waals surface area contributed by atoms with Gasteiger partial charge in [-0.05, 0) is 42.2 Å². The molecule has 0 aliphatic heterocycles. The molecule has 0 heterocycles. The number of halogens is 1. The molecule has 0 aliphatic rings. The minimum Gasteiger partial charge on any atom is -0.327 e. The Morgan fingerprint density at radius 2 is 1.65 bits per heavy atom. The Bertz CT molecular complexity index is 572. The van der Waals surface area contributed by atoms with E-state index in [1.54, 1.807) is 0 Å². The minimum atomic E-state index is -0.211. The highest BCUT2D eigenvalue weighted by atomic mass is 19.1. The van der Waals surface area contributed by atoms with Crippen LogP contribution in [-0.4, -0.2) is 6.04 Å². The SMILES string of the molecule is Cc1ccccc1CC(N)C(C)(C)c1ccc(F)cc1. The van der Waals surface area contributed by atoms with Crippen LogP contribution in [0.2, 0.25) is 0 Å². The summed E-state index contributed by atoms with van der Waals surface area (Å²) >= 11 is 0. The molecule has 0 bridgehead atoms. The van der Waals surface area contributed by atoms with Gasteiger partial charge in [-0.1, -0.05) is 50.2 Å². The van der Waals surface area contributed by atoms with Crippen molar-refractivity contribution in [1.82, 2.24) is 0 Å². The van der Waals surface area contributed by atoms with Crippen LogP contribution in [0.1, 0.15) is 30.5 Å². The van der Waals surface area contributed by atoms with Gasteiger partial charge in [0.15, 0.2) is 0 Å². The molecule has 2 rings (SSSR count). The van der Waals surface area contributed by atoms with Crippen molar-refractivity contribution in [2.75, 3.05) is 0 Å². The van der Waals surface area contributed by atoms with E-state index in [-0.39, 0.29) is 17.3 Å². The van der Waals surface area contributed by atoms with E-state index >= 15 is 0 Å². The van der Waals surface area contributed by atoms with Crippen molar-refractivity contribution in [1.29, 1.82) is 0 Å². The lowest BCUT2D eigenvalue weighted by molar-refractivity contribution is 0.405. The quantitative estimate of drug-likeness (QED) is 0.894. The largest absolute Gasteiger partial charge is 0.327 e. The van der Waals surface area contributed by atoms with Crippen molar-refractivity contribution in [2.45, 2.75) is 38.6 Å². The summed E-state index contributed by atoms with van der Waals surface area (Å²) < 4.78 is 13.0. The molecule has 20 heavy (non-hydrogen) atoms. The standard InChI is InChI=1S/C18H22FN/c1-13-6-4-5-7-14(13)12-17(20)18(2,3)15-8-10-16(19)11-9-15/h4-11,17H,12,20H2,1-3H3. The van der Waals surface area contributed by atoms with Crippen LogP contribution in [0.3, 0.4) is 0 Å². The van der Waals surface area contributed by atoms with Crippen molar-refractivity contribution in [3.8, 4) is 0 Å². The zero-order valence-corrected chi connectivity index (χ0v) is 12.4. The first-order valence-electron chi connectivity index (χ1n) is 6.97. The summed E-state index contributed by atoms with van der Waals surface area (Å²) in [5.41, 5.74) is 9.83. The molecule has 0 aromatic heterocycles. The van der Waals surface area contributed by atoms with E-state index in [4.69, 9.17) is 5.73 Å². The molecule has 106 valence electrons. The second kappa shape index (κ2) is 5.76. The summed E-state index contributed by atoms with van der Waals surface area (Å²) in [6, 6.07) is 14.9. The molecule has 0 saturated heterocycles. The van der Waals surface area contributed by atoms with Gasteiger partial charge in [0, 0.05) is 11.5 Å². The molecule has 0 fully saturated rings. The second-order valence-electron chi connectivity index (χ2n) is 5.97. The maximum Gasteiger partial charge on any atom is 0.123 e. The van der Waals surface area contributed by atoms with Crippen molar-refractivity contribution >= 4 is 0 Å². The molecule has 2 aromatic carbocycles. The third-order valence-electron chi connectivity index (χ3n) is 4.22. The van der Waals surface area contributed by atoms with Gasteiger partial charge in [0.25, 0.3) is 0 Å². The Balaban J connectivity index is 2.21. The third kappa shape index (κ3) is 3.07.